The molecule has 1 unspecified atom stereocenters. The van der Waals surface area contributed by atoms with Crippen molar-refractivity contribution in [2.24, 2.45) is 0 Å². The Balaban J connectivity index is 3.11. The van der Waals surface area contributed by atoms with Gasteiger partial charge in [-0.05, 0) is 13.0 Å². The highest BCUT2D eigenvalue weighted by Gasteiger charge is 2.02. The van der Waals surface area contributed by atoms with E-state index in [9.17, 15) is 5.11 Å². The van der Waals surface area contributed by atoms with Crippen molar-refractivity contribution in [3.05, 3.63) is 12.8 Å². The molecule has 0 heterocycles. The van der Waals surface area contributed by atoms with E-state index in [-0.39, 0.29) is 0 Å². The SMILES string of the molecule is C=COCCOCC(O)CNCCCC. The Morgan fingerprint density at radius 2 is 2.27 bits per heavy atom. The van der Waals surface area contributed by atoms with E-state index >= 15 is 0 Å². The first-order valence-corrected chi connectivity index (χ1v) is 5.50. The molecule has 0 saturated heterocycles. The fraction of sp³-hybridized carbons (Fsp3) is 0.818. The summed E-state index contributed by atoms with van der Waals surface area (Å²) in [6.45, 7) is 8.41. The lowest BCUT2D eigenvalue weighted by molar-refractivity contribution is 0.0195. The van der Waals surface area contributed by atoms with E-state index in [1.165, 1.54) is 12.7 Å². The normalized spacial score (nSPS) is 12.4. The van der Waals surface area contributed by atoms with E-state index in [1.54, 1.807) is 0 Å². The van der Waals surface area contributed by atoms with Crippen LogP contribution in [0.2, 0.25) is 0 Å². The lowest BCUT2D eigenvalue weighted by atomic mass is 10.3. The quantitative estimate of drug-likeness (QED) is 0.399. The van der Waals surface area contributed by atoms with Gasteiger partial charge in [0, 0.05) is 6.54 Å². The molecule has 1 atom stereocenters. The molecule has 0 aromatic carbocycles. The van der Waals surface area contributed by atoms with Crippen LogP contribution in [0.3, 0.4) is 0 Å². The molecule has 0 saturated carbocycles. The number of hydrogen-bond acceptors (Lipinski definition) is 4. The van der Waals surface area contributed by atoms with Gasteiger partial charge in [0.15, 0.2) is 0 Å². The molecule has 2 N–H and O–H groups in total. The number of nitrogens with one attached hydrogen (secondary N) is 1. The molecular formula is C11H23NO3. The van der Waals surface area contributed by atoms with Crippen molar-refractivity contribution >= 4 is 0 Å². The molecule has 15 heavy (non-hydrogen) atoms. The molecule has 0 spiro atoms. The van der Waals surface area contributed by atoms with E-state index in [2.05, 4.69) is 18.8 Å². The first-order chi connectivity index (χ1) is 7.31. The lowest BCUT2D eigenvalue weighted by Crippen LogP contribution is -2.31. The Morgan fingerprint density at radius 3 is 2.93 bits per heavy atom. The molecule has 0 rings (SSSR count). The summed E-state index contributed by atoms with van der Waals surface area (Å²) in [5, 5.41) is 12.6. The van der Waals surface area contributed by atoms with E-state index < -0.39 is 6.10 Å². The molecular weight excluding hydrogens is 194 g/mol. The van der Waals surface area contributed by atoms with E-state index in [1.807, 2.05) is 0 Å². The molecule has 0 aliphatic heterocycles. The predicted molar refractivity (Wildman–Crippen MR) is 60.8 cm³/mol. The second-order valence-electron chi connectivity index (χ2n) is 3.32. The maximum absolute atomic E-state index is 9.46. The van der Waals surface area contributed by atoms with Crippen LogP contribution in [0.1, 0.15) is 19.8 Å². The van der Waals surface area contributed by atoms with Gasteiger partial charge in [-0.3, -0.25) is 0 Å². The fourth-order valence-electron chi connectivity index (χ4n) is 1.04. The predicted octanol–water partition coefficient (Wildman–Crippen LogP) is 0.914. The van der Waals surface area contributed by atoms with Crippen LogP contribution in [0, 0.1) is 0 Å². The standard InChI is InChI=1S/C11H23NO3/c1-3-5-6-12-9-11(13)10-15-8-7-14-4-2/h4,11-13H,2-3,5-10H2,1H3. The summed E-state index contributed by atoms with van der Waals surface area (Å²) in [4.78, 5) is 0. The fourth-order valence-corrected chi connectivity index (χ4v) is 1.04. The zero-order valence-corrected chi connectivity index (χ0v) is 9.58. The Labute approximate surface area is 92.3 Å². The molecule has 4 heteroatoms. The van der Waals surface area contributed by atoms with Gasteiger partial charge in [0.2, 0.25) is 0 Å². The number of aliphatic hydroxyl groups is 1. The van der Waals surface area contributed by atoms with Crippen LogP contribution in [-0.4, -0.2) is 44.1 Å². The summed E-state index contributed by atoms with van der Waals surface area (Å²) in [7, 11) is 0. The van der Waals surface area contributed by atoms with Crippen molar-refractivity contribution < 1.29 is 14.6 Å². The Hall–Kier alpha value is -0.580. The highest BCUT2D eigenvalue weighted by Crippen LogP contribution is 1.87. The Kier molecular flexibility index (Phi) is 11.1. The molecule has 0 radical (unpaired) electrons. The summed E-state index contributed by atoms with van der Waals surface area (Å²) in [5.41, 5.74) is 0. The molecule has 4 nitrogen and oxygen atoms in total. The van der Waals surface area contributed by atoms with E-state index in [4.69, 9.17) is 9.47 Å². The van der Waals surface area contributed by atoms with Crippen LogP contribution >= 0.6 is 0 Å². The van der Waals surface area contributed by atoms with Crippen molar-refractivity contribution in [1.29, 1.82) is 0 Å². The van der Waals surface area contributed by atoms with E-state index in [0.717, 1.165) is 13.0 Å². The third-order valence-corrected chi connectivity index (χ3v) is 1.86. The van der Waals surface area contributed by atoms with Gasteiger partial charge in [0.05, 0.1) is 25.6 Å². The second-order valence-corrected chi connectivity index (χ2v) is 3.32. The van der Waals surface area contributed by atoms with Crippen molar-refractivity contribution in [3.63, 3.8) is 0 Å². The van der Waals surface area contributed by atoms with Crippen molar-refractivity contribution in [2.75, 3.05) is 32.9 Å². The molecule has 90 valence electrons. The smallest absolute Gasteiger partial charge is 0.111 e. The average molecular weight is 217 g/mol. The molecule has 0 aromatic rings. The van der Waals surface area contributed by atoms with Crippen LogP contribution in [0.4, 0.5) is 0 Å². The van der Waals surface area contributed by atoms with Gasteiger partial charge in [-0.1, -0.05) is 19.9 Å². The van der Waals surface area contributed by atoms with Gasteiger partial charge in [-0.15, -0.1) is 0 Å². The van der Waals surface area contributed by atoms with Crippen molar-refractivity contribution in [2.45, 2.75) is 25.9 Å². The number of hydrogen-bond donors (Lipinski definition) is 2. The van der Waals surface area contributed by atoms with Gasteiger partial charge in [-0.25, -0.2) is 0 Å². The topological polar surface area (TPSA) is 50.7 Å². The van der Waals surface area contributed by atoms with Crippen LogP contribution in [-0.2, 0) is 9.47 Å². The zero-order chi connectivity index (χ0) is 11.4. The van der Waals surface area contributed by atoms with Crippen LogP contribution < -0.4 is 5.32 Å². The molecule has 0 aliphatic carbocycles. The highest BCUT2D eigenvalue weighted by atomic mass is 16.5. The van der Waals surface area contributed by atoms with Crippen molar-refractivity contribution in [3.8, 4) is 0 Å². The highest BCUT2D eigenvalue weighted by molar-refractivity contribution is 4.58. The third-order valence-electron chi connectivity index (χ3n) is 1.86. The third kappa shape index (κ3) is 11.3. The summed E-state index contributed by atoms with van der Waals surface area (Å²) >= 11 is 0. The van der Waals surface area contributed by atoms with Gasteiger partial charge >= 0.3 is 0 Å². The molecule has 0 aromatic heterocycles. The minimum atomic E-state index is -0.439. The Morgan fingerprint density at radius 1 is 1.47 bits per heavy atom. The number of ether oxygens (including phenoxy) is 2. The number of unbranched alkanes of at least 4 members (excludes halogenated alkanes) is 1. The summed E-state index contributed by atoms with van der Waals surface area (Å²) in [5.74, 6) is 0. The molecule has 0 fully saturated rings. The first kappa shape index (κ1) is 14.4. The monoisotopic (exact) mass is 217 g/mol. The van der Waals surface area contributed by atoms with Crippen LogP contribution in [0.15, 0.2) is 12.8 Å². The summed E-state index contributed by atoms with van der Waals surface area (Å²) in [6, 6.07) is 0. The second kappa shape index (κ2) is 11.5. The summed E-state index contributed by atoms with van der Waals surface area (Å²) < 4.78 is 10.1. The minimum Gasteiger partial charge on any atom is -0.499 e. The molecule has 0 bridgehead atoms. The largest absolute Gasteiger partial charge is 0.499 e. The maximum Gasteiger partial charge on any atom is 0.111 e. The van der Waals surface area contributed by atoms with E-state index in [0.29, 0.717) is 26.4 Å². The van der Waals surface area contributed by atoms with Crippen LogP contribution in [0.5, 0.6) is 0 Å². The average Bonchev–Trinajstić information content (AvgIpc) is 2.24. The lowest BCUT2D eigenvalue weighted by Gasteiger charge is -2.11. The number of aliphatic hydroxyl groups excluding tert-OH is 1. The minimum absolute atomic E-state index is 0.347. The van der Waals surface area contributed by atoms with Crippen molar-refractivity contribution in [1.82, 2.24) is 5.32 Å². The summed E-state index contributed by atoms with van der Waals surface area (Å²) in [6.07, 6.45) is 3.25. The molecule has 0 aliphatic rings. The van der Waals surface area contributed by atoms with Gasteiger partial charge in [0.25, 0.3) is 0 Å². The first-order valence-electron chi connectivity index (χ1n) is 5.50. The van der Waals surface area contributed by atoms with Gasteiger partial charge in [-0.2, -0.15) is 0 Å². The molecule has 0 amide bonds. The number of rotatable bonds is 11. The van der Waals surface area contributed by atoms with Crippen LogP contribution in [0.25, 0.3) is 0 Å². The zero-order valence-electron chi connectivity index (χ0n) is 9.58. The van der Waals surface area contributed by atoms with Gasteiger partial charge < -0.3 is 19.9 Å². The maximum atomic E-state index is 9.46. The van der Waals surface area contributed by atoms with Gasteiger partial charge in [0.1, 0.15) is 6.61 Å². The Bertz CT molecular complexity index is 142.